The van der Waals surface area contributed by atoms with Crippen LogP contribution in [0.4, 0.5) is 18.9 Å². The Hall–Kier alpha value is -4.69. The van der Waals surface area contributed by atoms with Gasteiger partial charge < -0.3 is 24.6 Å². The van der Waals surface area contributed by atoms with E-state index in [1.165, 1.54) is 10.6 Å². The van der Waals surface area contributed by atoms with Gasteiger partial charge in [0.25, 0.3) is 11.5 Å². The Morgan fingerprint density at radius 2 is 2.00 bits per heavy atom. The number of aromatic nitrogens is 4. The van der Waals surface area contributed by atoms with Crippen LogP contribution in [0.1, 0.15) is 68.1 Å². The summed E-state index contributed by atoms with van der Waals surface area (Å²) in [5.74, 6) is -0.927. The lowest BCUT2D eigenvalue weighted by Gasteiger charge is -2.40. The Labute approximate surface area is 290 Å². The molecule has 0 saturated carbocycles. The summed E-state index contributed by atoms with van der Waals surface area (Å²) in [7, 11) is 0. The third-order valence-corrected chi connectivity index (χ3v) is 9.94. The van der Waals surface area contributed by atoms with Crippen LogP contribution in [0.2, 0.25) is 5.02 Å². The van der Waals surface area contributed by atoms with E-state index in [2.05, 4.69) is 17.0 Å². The Balaban J connectivity index is 1.37. The second kappa shape index (κ2) is 13.6. The quantitative estimate of drug-likeness (QED) is 0.176. The number of allylic oxidation sites excluding steroid dienone is 3. The van der Waals surface area contributed by atoms with E-state index in [-0.39, 0.29) is 45.8 Å². The number of carbonyl (C=O) groups is 2. The molecule has 1 aromatic carbocycles. The van der Waals surface area contributed by atoms with Gasteiger partial charge in [0.05, 0.1) is 35.1 Å². The average molecular weight is 713 g/mol. The Kier molecular flexibility index (Phi) is 9.53. The normalized spacial score (nSPS) is 19.2. The van der Waals surface area contributed by atoms with E-state index in [0.29, 0.717) is 69.1 Å². The molecule has 1 spiro atoms. The van der Waals surface area contributed by atoms with Gasteiger partial charge in [0, 0.05) is 29.8 Å². The summed E-state index contributed by atoms with van der Waals surface area (Å²) in [6.07, 6.45) is 3.96. The zero-order valence-electron chi connectivity index (χ0n) is 27.5. The molecule has 0 bridgehead atoms. The summed E-state index contributed by atoms with van der Waals surface area (Å²) in [6.45, 7) is 8.64. The molecule has 11 nitrogen and oxygen atoms in total. The fourth-order valence-corrected chi connectivity index (χ4v) is 7.43. The third kappa shape index (κ3) is 6.49. The van der Waals surface area contributed by atoms with Crippen LogP contribution in [-0.4, -0.2) is 67.3 Å². The molecule has 1 saturated heterocycles. The lowest BCUT2D eigenvalue weighted by Crippen LogP contribution is -2.47. The number of likely N-dealkylation sites (tertiary alicyclic amines) is 1. The lowest BCUT2D eigenvalue weighted by molar-refractivity contribution is -0.137. The number of nitrogens with zero attached hydrogens (tertiary/aromatic N) is 5. The van der Waals surface area contributed by atoms with Crippen LogP contribution in [0.25, 0.3) is 11.4 Å². The van der Waals surface area contributed by atoms with E-state index in [9.17, 15) is 32.7 Å². The van der Waals surface area contributed by atoms with Gasteiger partial charge in [-0.05, 0) is 68.4 Å². The van der Waals surface area contributed by atoms with Crippen molar-refractivity contribution in [2.24, 2.45) is 0 Å². The number of hydrogen-bond donors (Lipinski definition) is 2. The fraction of sp³-hybridized carbons (Fsp3) is 0.400. The number of rotatable bonds is 7. The highest BCUT2D eigenvalue weighted by molar-refractivity contribution is 6.33. The van der Waals surface area contributed by atoms with E-state index in [0.717, 1.165) is 23.8 Å². The molecule has 1 unspecified atom stereocenters. The number of carbonyl (C=O) groups excluding carboxylic acids is 2. The number of piperidine rings is 1. The van der Waals surface area contributed by atoms with Crippen molar-refractivity contribution in [3.63, 3.8) is 0 Å². The maximum absolute atomic E-state index is 14.4. The number of nitrogens with one attached hydrogen (secondary N) is 1. The van der Waals surface area contributed by atoms with Gasteiger partial charge in [-0.1, -0.05) is 43.3 Å². The van der Waals surface area contributed by atoms with Crippen LogP contribution in [0, 0.1) is 0 Å². The molecular formula is C35H36ClF3N6O5. The van der Waals surface area contributed by atoms with Gasteiger partial charge in [-0.25, -0.2) is 0 Å². The van der Waals surface area contributed by atoms with Crippen molar-refractivity contribution in [3.8, 4) is 0 Å². The standard InChI is InChI=1S/C35H36ClF3N6O5/c1-4-5-6-26(46)21(3)31(48)43-13-11-34(12-14-43)18-20(2)29-28(34)32(49)45-33(41-30(42-45)22-9-15-50-16-10-22)44(29)19-27(47)40-25-8-7-23(17-24(25)36)35(37,38)39/h4-9,17,20,46H,3,10-16,18-19H2,1-2H3,(H,40,47)/b5-4-,26-6+. The van der Waals surface area contributed by atoms with Crippen molar-refractivity contribution in [2.75, 3.05) is 31.6 Å². The zero-order valence-corrected chi connectivity index (χ0v) is 28.3. The first-order valence-corrected chi connectivity index (χ1v) is 16.6. The molecule has 2 amide bonds. The Morgan fingerprint density at radius 3 is 2.64 bits per heavy atom. The number of halogens is 4. The molecule has 50 heavy (non-hydrogen) atoms. The molecule has 15 heteroatoms. The summed E-state index contributed by atoms with van der Waals surface area (Å²) >= 11 is 6.14. The van der Waals surface area contributed by atoms with Gasteiger partial charge in [-0.2, -0.15) is 22.7 Å². The molecule has 1 atom stereocenters. The zero-order chi connectivity index (χ0) is 36.0. The summed E-state index contributed by atoms with van der Waals surface area (Å²) in [6, 6.07) is 2.68. The van der Waals surface area contributed by atoms with Crippen LogP contribution in [0.5, 0.6) is 0 Å². The highest BCUT2D eigenvalue weighted by atomic mass is 35.5. The van der Waals surface area contributed by atoms with E-state index in [4.69, 9.17) is 21.3 Å². The number of benzene rings is 1. The van der Waals surface area contributed by atoms with E-state index >= 15 is 0 Å². The van der Waals surface area contributed by atoms with Gasteiger partial charge in [0.15, 0.2) is 5.82 Å². The number of aliphatic hydroxyl groups is 1. The second-order valence-electron chi connectivity index (χ2n) is 12.8. The topological polar surface area (TPSA) is 131 Å². The number of anilines is 1. The number of hydrogen-bond acceptors (Lipinski definition) is 7. The van der Waals surface area contributed by atoms with Gasteiger partial charge in [-0.15, -0.1) is 5.10 Å². The third-order valence-electron chi connectivity index (χ3n) is 9.62. The largest absolute Gasteiger partial charge is 0.507 e. The van der Waals surface area contributed by atoms with E-state index in [1.807, 2.05) is 13.0 Å². The molecule has 3 aliphatic rings. The number of alkyl halides is 3. The van der Waals surface area contributed by atoms with Gasteiger partial charge in [-0.3, -0.25) is 14.4 Å². The minimum absolute atomic E-state index is 0.00244. The molecule has 6 rings (SSSR count). The summed E-state index contributed by atoms with van der Waals surface area (Å²) in [5.41, 5.74) is -0.0540. The molecule has 4 heterocycles. The predicted molar refractivity (Wildman–Crippen MR) is 181 cm³/mol. The lowest BCUT2D eigenvalue weighted by atomic mass is 9.73. The van der Waals surface area contributed by atoms with Gasteiger partial charge >= 0.3 is 6.18 Å². The second-order valence-corrected chi connectivity index (χ2v) is 13.2. The van der Waals surface area contributed by atoms with Crippen LogP contribution < -0.4 is 10.9 Å². The van der Waals surface area contributed by atoms with E-state index in [1.54, 1.807) is 28.5 Å². The number of amides is 2. The monoisotopic (exact) mass is 712 g/mol. The predicted octanol–water partition coefficient (Wildman–Crippen LogP) is 5.95. The molecule has 2 aromatic heterocycles. The van der Waals surface area contributed by atoms with Crippen LogP contribution in [0.15, 0.2) is 65.2 Å². The van der Waals surface area contributed by atoms with Crippen LogP contribution >= 0.6 is 11.6 Å². The van der Waals surface area contributed by atoms with Gasteiger partial charge in [0.1, 0.15) is 12.3 Å². The molecule has 3 aromatic rings. The number of ether oxygens (including phenoxy) is 1. The molecular weight excluding hydrogens is 677 g/mol. The smallest absolute Gasteiger partial charge is 0.416 e. The summed E-state index contributed by atoms with van der Waals surface area (Å²) < 4.78 is 47.9. The van der Waals surface area contributed by atoms with Crippen molar-refractivity contribution in [1.82, 2.24) is 24.1 Å². The molecule has 0 radical (unpaired) electrons. The average Bonchev–Trinajstić information content (AvgIpc) is 3.66. The van der Waals surface area contributed by atoms with Crippen molar-refractivity contribution in [3.05, 3.63) is 98.4 Å². The fourth-order valence-electron chi connectivity index (χ4n) is 7.20. The SMILES string of the molecule is C=C(C(=O)N1CCC2(CC1)CC(C)c1c2c(=O)n2nc(C3=CCOCC3)nc2n1CC(=O)Nc1ccc(C(F)(F)F)cc1Cl)/C(O)=C\C=C/C. The van der Waals surface area contributed by atoms with Crippen molar-refractivity contribution >= 4 is 40.5 Å². The highest BCUT2D eigenvalue weighted by Crippen LogP contribution is 2.50. The van der Waals surface area contributed by atoms with Crippen molar-refractivity contribution < 1.29 is 32.6 Å². The number of fused-ring (bicyclic) bond motifs is 3. The van der Waals surface area contributed by atoms with E-state index < -0.39 is 29.0 Å². The molecule has 2 N–H and O–H groups in total. The van der Waals surface area contributed by atoms with Crippen molar-refractivity contribution in [2.45, 2.75) is 63.6 Å². The highest BCUT2D eigenvalue weighted by Gasteiger charge is 2.49. The summed E-state index contributed by atoms with van der Waals surface area (Å²) in [4.78, 5) is 47.5. The number of aliphatic hydroxyl groups excluding tert-OH is 1. The minimum atomic E-state index is -4.60. The molecule has 1 aliphatic carbocycles. The first-order chi connectivity index (χ1) is 23.7. The van der Waals surface area contributed by atoms with Gasteiger partial charge in [0.2, 0.25) is 11.7 Å². The van der Waals surface area contributed by atoms with Crippen LogP contribution in [0.3, 0.4) is 0 Å². The molecule has 1 fully saturated rings. The Morgan fingerprint density at radius 1 is 1.26 bits per heavy atom. The summed E-state index contributed by atoms with van der Waals surface area (Å²) in [5, 5.41) is 17.2. The minimum Gasteiger partial charge on any atom is -0.507 e. The first-order valence-electron chi connectivity index (χ1n) is 16.2. The van der Waals surface area contributed by atoms with Crippen molar-refractivity contribution in [1.29, 1.82) is 0 Å². The maximum Gasteiger partial charge on any atom is 0.416 e. The van der Waals surface area contributed by atoms with Crippen LogP contribution in [-0.2, 0) is 32.5 Å². The molecule has 264 valence electrons. The first kappa shape index (κ1) is 35.1. The molecule has 2 aliphatic heterocycles. The Bertz CT molecular complexity index is 2040. The maximum atomic E-state index is 14.4.